The van der Waals surface area contributed by atoms with Gasteiger partial charge in [0.05, 0.1) is 12.0 Å². The maximum atomic E-state index is 12.9. The molecule has 102 valence electrons. The molecule has 1 aliphatic rings. The van der Waals surface area contributed by atoms with Crippen molar-refractivity contribution in [3.63, 3.8) is 0 Å². The van der Waals surface area contributed by atoms with Gasteiger partial charge in [0, 0.05) is 0 Å². The fourth-order valence-corrected chi connectivity index (χ4v) is 1.94. The molecule has 0 bridgehead atoms. The van der Waals surface area contributed by atoms with Crippen LogP contribution < -0.4 is 10.9 Å². The molecule has 0 heterocycles. The molecule has 19 heavy (non-hydrogen) atoms. The van der Waals surface area contributed by atoms with Gasteiger partial charge in [-0.3, -0.25) is 10.2 Å². The summed E-state index contributed by atoms with van der Waals surface area (Å²) < 4.78 is 17.5. The molecule has 1 aliphatic carbocycles. The molecule has 1 aromatic rings. The smallest absolute Gasteiger partial charge is 0.426 e. The van der Waals surface area contributed by atoms with E-state index in [4.69, 9.17) is 0 Å². The van der Waals surface area contributed by atoms with Gasteiger partial charge in [-0.05, 0) is 37.5 Å². The molecule has 5 nitrogen and oxygen atoms in total. The standard InChI is InChI=1S/C13H15FN2O3/c1-2-19-12(18)16-15-11(17)13(7-8-13)9-3-5-10(14)6-4-9/h3-6H,2,7-8H2,1H3,(H,15,17)(H,16,18). The van der Waals surface area contributed by atoms with E-state index in [2.05, 4.69) is 15.6 Å². The number of halogens is 1. The molecule has 0 radical (unpaired) electrons. The lowest BCUT2D eigenvalue weighted by molar-refractivity contribution is -0.124. The number of hydrogen-bond acceptors (Lipinski definition) is 3. The van der Waals surface area contributed by atoms with Gasteiger partial charge in [-0.25, -0.2) is 14.6 Å². The molecule has 0 saturated heterocycles. The van der Waals surface area contributed by atoms with Crippen LogP contribution in [-0.2, 0) is 14.9 Å². The second-order valence-electron chi connectivity index (χ2n) is 4.39. The van der Waals surface area contributed by atoms with E-state index in [1.807, 2.05) is 0 Å². The SMILES string of the molecule is CCOC(=O)NNC(=O)C1(c2ccc(F)cc2)CC1. The quantitative estimate of drug-likeness (QED) is 0.817. The maximum Gasteiger partial charge on any atom is 0.426 e. The van der Waals surface area contributed by atoms with Crippen LogP contribution in [0.5, 0.6) is 0 Å². The van der Waals surface area contributed by atoms with Crippen LogP contribution in [0.2, 0.25) is 0 Å². The van der Waals surface area contributed by atoms with E-state index in [0.29, 0.717) is 12.8 Å². The van der Waals surface area contributed by atoms with Crippen molar-refractivity contribution in [1.82, 2.24) is 10.9 Å². The maximum absolute atomic E-state index is 12.9. The molecule has 0 spiro atoms. The fraction of sp³-hybridized carbons (Fsp3) is 0.385. The van der Waals surface area contributed by atoms with Crippen molar-refractivity contribution >= 4 is 12.0 Å². The van der Waals surface area contributed by atoms with Crippen LogP contribution in [0.1, 0.15) is 25.3 Å². The molecule has 0 unspecified atom stereocenters. The Balaban J connectivity index is 1.98. The van der Waals surface area contributed by atoms with Crippen molar-refractivity contribution in [3.8, 4) is 0 Å². The molecule has 1 saturated carbocycles. The molecular formula is C13H15FN2O3. The number of benzene rings is 1. The third-order valence-corrected chi connectivity index (χ3v) is 3.13. The minimum absolute atomic E-state index is 0.227. The first-order valence-corrected chi connectivity index (χ1v) is 6.08. The Labute approximate surface area is 110 Å². The first-order chi connectivity index (χ1) is 9.08. The van der Waals surface area contributed by atoms with Crippen LogP contribution in [0.4, 0.5) is 9.18 Å². The summed E-state index contributed by atoms with van der Waals surface area (Å²) in [5.74, 6) is -0.656. The first kappa shape index (κ1) is 13.3. The third-order valence-electron chi connectivity index (χ3n) is 3.13. The topological polar surface area (TPSA) is 67.4 Å². The predicted octanol–water partition coefficient (Wildman–Crippen LogP) is 1.63. The molecule has 6 heteroatoms. The molecule has 1 aromatic carbocycles. The van der Waals surface area contributed by atoms with Crippen molar-refractivity contribution in [2.45, 2.75) is 25.2 Å². The summed E-state index contributed by atoms with van der Waals surface area (Å²) in [6.07, 6.45) is 0.648. The van der Waals surface area contributed by atoms with Gasteiger partial charge in [0.1, 0.15) is 5.82 Å². The van der Waals surface area contributed by atoms with Gasteiger partial charge < -0.3 is 4.74 Å². The second-order valence-corrected chi connectivity index (χ2v) is 4.39. The molecule has 2 rings (SSSR count). The van der Waals surface area contributed by atoms with E-state index < -0.39 is 11.5 Å². The summed E-state index contributed by atoms with van der Waals surface area (Å²) in [7, 11) is 0. The van der Waals surface area contributed by atoms with Crippen molar-refractivity contribution in [1.29, 1.82) is 0 Å². The highest BCUT2D eigenvalue weighted by Crippen LogP contribution is 2.48. The normalized spacial score (nSPS) is 15.5. The lowest BCUT2D eigenvalue weighted by Crippen LogP contribution is -2.46. The van der Waals surface area contributed by atoms with E-state index in [0.717, 1.165) is 5.56 Å². The zero-order valence-electron chi connectivity index (χ0n) is 10.5. The number of hydrazine groups is 1. The van der Waals surface area contributed by atoms with Gasteiger partial charge in [0.2, 0.25) is 5.91 Å². The van der Waals surface area contributed by atoms with Gasteiger partial charge in [-0.1, -0.05) is 12.1 Å². The highest BCUT2D eigenvalue weighted by molar-refractivity contribution is 5.92. The summed E-state index contributed by atoms with van der Waals surface area (Å²) >= 11 is 0. The lowest BCUT2D eigenvalue weighted by atomic mass is 9.95. The molecule has 2 N–H and O–H groups in total. The number of carbonyl (C=O) groups excluding carboxylic acids is 2. The zero-order valence-corrected chi connectivity index (χ0v) is 10.5. The van der Waals surface area contributed by atoms with Crippen molar-refractivity contribution in [2.75, 3.05) is 6.61 Å². The third kappa shape index (κ3) is 2.83. The number of nitrogens with one attached hydrogen (secondary N) is 2. The molecule has 0 aromatic heterocycles. The van der Waals surface area contributed by atoms with Crippen LogP contribution in [0, 0.1) is 5.82 Å². The summed E-state index contributed by atoms with van der Waals surface area (Å²) in [5, 5.41) is 0. The van der Waals surface area contributed by atoms with Gasteiger partial charge >= 0.3 is 6.09 Å². The van der Waals surface area contributed by atoms with E-state index in [1.54, 1.807) is 19.1 Å². The summed E-state index contributed by atoms with van der Waals surface area (Å²) in [4.78, 5) is 23.1. The Morgan fingerprint density at radius 3 is 2.42 bits per heavy atom. The second kappa shape index (κ2) is 5.26. The Bertz CT molecular complexity index is 483. The minimum atomic E-state index is -0.703. The Kier molecular flexibility index (Phi) is 3.69. The Morgan fingerprint density at radius 2 is 1.89 bits per heavy atom. The largest absolute Gasteiger partial charge is 0.449 e. The fourth-order valence-electron chi connectivity index (χ4n) is 1.94. The van der Waals surface area contributed by atoms with E-state index in [1.165, 1.54) is 12.1 Å². The van der Waals surface area contributed by atoms with Crippen LogP contribution in [-0.4, -0.2) is 18.6 Å². The molecule has 1 fully saturated rings. The highest BCUT2D eigenvalue weighted by Gasteiger charge is 2.51. The number of carbonyl (C=O) groups is 2. The summed E-state index contributed by atoms with van der Waals surface area (Å²) in [6.45, 7) is 1.90. The van der Waals surface area contributed by atoms with Crippen LogP contribution in [0.25, 0.3) is 0 Å². The molecule has 0 aliphatic heterocycles. The Hall–Kier alpha value is -2.11. The summed E-state index contributed by atoms with van der Waals surface area (Å²) in [5.41, 5.74) is 4.59. The van der Waals surface area contributed by atoms with Crippen LogP contribution in [0.3, 0.4) is 0 Å². The van der Waals surface area contributed by atoms with Crippen molar-refractivity contribution < 1.29 is 18.7 Å². The molecule has 0 atom stereocenters. The zero-order chi connectivity index (χ0) is 13.9. The number of ether oxygens (including phenoxy) is 1. The number of amides is 2. The van der Waals surface area contributed by atoms with Gasteiger partial charge in [-0.2, -0.15) is 0 Å². The van der Waals surface area contributed by atoms with Crippen molar-refractivity contribution in [2.24, 2.45) is 0 Å². The average Bonchev–Trinajstić information content (AvgIpc) is 3.19. The van der Waals surface area contributed by atoms with Crippen LogP contribution in [0.15, 0.2) is 24.3 Å². The van der Waals surface area contributed by atoms with E-state index in [9.17, 15) is 14.0 Å². The number of hydrogen-bond donors (Lipinski definition) is 2. The van der Waals surface area contributed by atoms with Crippen molar-refractivity contribution in [3.05, 3.63) is 35.6 Å². The number of rotatable bonds is 3. The average molecular weight is 266 g/mol. The monoisotopic (exact) mass is 266 g/mol. The van der Waals surface area contributed by atoms with Crippen LogP contribution >= 0.6 is 0 Å². The van der Waals surface area contributed by atoms with Gasteiger partial charge in [-0.15, -0.1) is 0 Å². The van der Waals surface area contributed by atoms with E-state index >= 15 is 0 Å². The molecule has 2 amide bonds. The van der Waals surface area contributed by atoms with Gasteiger partial charge in [0.25, 0.3) is 0 Å². The Morgan fingerprint density at radius 1 is 1.26 bits per heavy atom. The highest BCUT2D eigenvalue weighted by atomic mass is 19.1. The van der Waals surface area contributed by atoms with Gasteiger partial charge in [0.15, 0.2) is 0 Å². The molecular weight excluding hydrogens is 251 g/mol. The minimum Gasteiger partial charge on any atom is -0.449 e. The lowest BCUT2D eigenvalue weighted by Gasteiger charge is -2.16. The predicted molar refractivity (Wildman–Crippen MR) is 65.6 cm³/mol. The summed E-state index contributed by atoms with van der Waals surface area (Å²) in [6, 6.07) is 5.82. The first-order valence-electron chi connectivity index (χ1n) is 6.08. The van der Waals surface area contributed by atoms with E-state index in [-0.39, 0.29) is 18.3 Å².